The van der Waals surface area contributed by atoms with Gasteiger partial charge in [0.25, 0.3) is 0 Å². The summed E-state index contributed by atoms with van der Waals surface area (Å²) in [5.41, 5.74) is 3.17. The molecule has 1 aromatic carbocycles. The molecular formula is C18H30N2. The van der Waals surface area contributed by atoms with Crippen LogP contribution in [0.5, 0.6) is 0 Å². The van der Waals surface area contributed by atoms with Gasteiger partial charge in [-0.25, -0.2) is 0 Å². The highest BCUT2D eigenvalue weighted by atomic mass is 15.1. The molecule has 1 fully saturated rings. The van der Waals surface area contributed by atoms with Crippen molar-refractivity contribution in [3.05, 3.63) is 29.8 Å². The van der Waals surface area contributed by atoms with E-state index in [0.29, 0.717) is 11.5 Å². The second-order valence-corrected chi connectivity index (χ2v) is 6.95. The quantitative estimate of drug-likeness (QED) is 0.880. The number of nitrogens with one attached hydrogen (secondary N) is 1. The Bertz CT molecular complexity index is 422. The van der Waals surface area contributed by atoms with E-state index in [4.69, 9.17) is 0 Å². The van der Waals surface area contributed by atoms with Gasteiger partial charge < -0.3 is 10.2 Å². The average Bonchev–Trinajstić information content (AvgIpc) is 2.73. The standard InChI is InChI=1S/C18H30N2/c1-6-14-7-9-16(10-8-14)20(5)13-15-11-12-18(2,3)17(15)19-4/h7-10,15,17,19H,6,11-13H2,1-5H3. The Morgan fingerprint density at radius 2 is 1.90 bits per heavy atom. The minimum Gasteiger partial charge on any atom is -0.374 e. The van der Waals surface area contributed by atoms with Crippen LogP contribution in [-0.4, -0.2) is 26.7 Å². The van der Waals surface area contributed by atoms with Gasteiger partial charge in [0.05, 0.1) is 0 Å². The topological polar surface area (TPSA) is 15.3 Å². The van der Waals surface area contributed by atoms with Gasteiger partial charge in [-0.2, -0.15) is 0 Å². The molecule has 2 heteroatoms. The molecule has 0 amide bonds. The smallest absolute Gasteiger partial charge is 0.0363 e. The van der Waals surface area contributed by atoms with Gasteiger partial charge >= 0.3 is 0 Å². The third kappa shape index (κ3) is 3.17. The largest absolute Gasteiger partial charge is 0.374 e. The molecule has 1 aromatic rings. The van der Waals surface area contributed by atoms with Gasteiger partial charge in [-0.3, -0.25) is 0 Å². The number of rotatable bonds is 5. The van der Waals surface area contributed by atoms with Gasteiger partial charge in [-0.1, -0.05) is 32.9 Å². The van der Waals surface area contributed by atoms with Gasteiger partial charge in [0, 0.05) is 25.3 Å². The first kappa shape index (κ1) is 15.4. The Kier molecular flexibility index (Phi) is 4.74. The lowest BCUT2D eigenvalue weighted by Crippen LogP contribution is -2.43. The molecule has 0 heterocycles. The van der Waals surface area contributed by atoms with Gasteiger partial charge in [-0.15, -0.1) is 0 Å². The molecule has 1 saturated carbocycles. The van der Waals surface area contributed by atoms with Crippen molar-refractivity contribution in [1.29, 1.82) is 0 Å². The highest BCUT2D eigenvalue weighted by molar-refractivity contribution is 5.47. The van der Waals surface area contributed by atoms with Gasteiger partial charge in [0.2, 0.25) is 0 Å². The molecule has 2 atom stereocenters. The fourth-order valence-electron chi connectivity index (χ4n) is 3.78. The summed E-state index contributed by atoms with van der Waals surface area (Å²) in [6.07, 6.45) is 3.77. The second kappa shape index (κ2) is 6.17. The van der Waals surface area contributed by atoms with Crippen LogP contribution in [0, 0.1) is 11.3 Å². The summed E-state index contributed by atoms with van der Waals surface area (Å²) in [6.45, 7) is 8.13. The fourth-order valence-corrected chi connectivity index (χ4v) is 3.78. The Morgan fingerprint density at radius 1 is 1.25 bits per heavy atom. The molecule has 1 N–H and O–H groups in total. The summed E-state index contributed by atoms with van der Waals surface area (Å²) in [5.74, 6) is 0.742. The van der Waals surface area contributed by atoms with Crippen LogP contribution in [0.25, 0.3) is 0 Å². The van der Waals surface area contributed by atoms with E-state index in [1.807, 2.05) is 0 Å². The van der Waals surface area contributed by atoms with Crippen LogP contribution in [0.4, 0.5) is 5.69 Å². The average molecular weight is 274 g/mol. The van der Waals surface area contributed by atoms with Crippen LogP contribution < -0.4 is 10.2 Å². The molecule has 0 bridgehead atoms. The van der Waals surface area contributed by atoms with Crippen molar-refractivity contribution in [2.75, 3.05) is 25.5 Å². The predicted molar refractivity (Wildman–Crippen MR) is 88.4 cm³/mol. The lowest BCUT2D eigenvalue weighted by atomic mass is 9.85. The first-order valence-corrected chi connectivity index (χ1v) is 7.95. The van der Waals surface area contributed by atoms with Crippen LogP contribution in [0.1, 0.15) is 39.2 Å². The van der Waals surface area contributed by atoms with E-state index in [1.165, 1.54) is 24.1 Å². The zero-order chi connectivity index (χ0) is 14.8. The third-order valence-corrected chi connectivity index (χ3v) is 5.08. The number of anilines is 1. The highest BCUT2D eigenvalue weighted by Gasteiger charge is 2.41. The number of benzene rings is 1. The first-order valence-electron chi connectivity index (χ1n) is 7.95. The molecular weight excluding hydrogens is 244 g/mol. The van der Waals surface area contributed by atoms with Crippen LogP contribution in [-0.2, 0) is 6.42 Å². The maximum absolute atomic E-state index is 3.55. The van der Waals surface area contributed by atoms with E-state index in [-0.39, 0.29) is 0 Å². The van der Waals surface area contributed by atoms with Crippen molar-refractivity contribution in [3.63, 3.8) is 0 Å². The molecule has 0 aromatic heterocycles. The van der Waals surface area contributed by atoms with Gasteiger partial charge in [0.1, 0.15) is 0 Å². The molecule has 2 rings (SSSR count). The first-order chi connectivity index (χ1) is 9.47. The second-order valence-electron chi connectivity index (χ2n) is 6.95. The molecule has 0 saturated heterocycles. The number of hydrogen-bond donors (Lipinski definition) is 1. The lowest BCUT2D eigenvalue weighted by Gasteiger charge is -2.33. The predicted octanol–water partition coefficient (Wildman–Crippen LogP) is 3.71. The van der Waals surface area contributed by atoms with Crippen molar-refractivity contribution in [1.82, 2.24) is 5.32 Å². The molecule has 1 aliphatic carbocycles. The zero-order valence-corrected chi connectivity index (χ0v) is 13.7. The molecule has 112 valence electrons. The minimum atomic E-state index is 0.423. The summed E-state index contributed by atoms with van der Waals surface area (Å²) in [6, 6.07) is 9.64. The van der Waals surface area contributed by atoms with Crippen molar-refractivity contribution in [3.8, 4) is 0 Å². The van der Waals surface area contributed by atoms with Crippen LogP contribution in [0.15, 0.2) is 24.3 Å². The Morgan fingerprint density at radius 3 is 2.45 bits per heavy atom. The van der Waals surface area contributed by atoms with E-state index < -0.39 is 0 Å². The van der Waals surface area contributed by atoms with Crippen LogP contribution in [0.3, 0.4) is 0 Å². The Labute approximate surface area is 124 Å². The van der Waals surface area contributed by atoms with E-state index in [0.717, 1.165) is 18.9 Å². The van der Waals surface area contributed by atoms with Crippen molar-refractivity contribution < 1.29 is 0 Å². The SMILES string of the molecule is CCc1ccc(N(C)CC2CCC(C)(C)C2NC)cc1. The van der Waals surface area contributed by atoms with Gasteiger partial charge in [0.15, 0.2) is 0 Å². The Hall–Kier alpha value is -1.02. The fraction of sp³-hybridized carbons (Fsp3) is 0.667. The normalized spacial score (nSPS) is 24.9. The maximum Gasteiger partial charge on any atom is 0.0363 e. The summed E-state index contributed by atoms with van der Waals surface area (Å²) in [5, 5.41) is 3.55. The molecule has 0 aliphatic heterocycles. The number of nitrogens with zero attached hydrogens (tertiary/aromatic N) is 1. The monoisotopic (exact) mass is 274 g/mol. The summed E-state index contributed by atoms with van der Waals surface area (Å²) < 4.78 is 0. The van der Waals surface area contributed by atoms with E-state index in [2.05, 4.69) is 69.3 Å². The molecule has 0 spiro atoms. The van der Waals surface area contributed by atoms with Crippen molar-refractivity contribution in [2.24, 2.45) is 11.3 Å². The van der Waals surface area contributed by atoms with Crippen LogP contribution >= 0.6 is 0 Å². The van der Waals surface area contributed by atoms with Gasteiger partial charge in [-0.05, 0) is 55.3 Å². The highest BCUT2D eigenvalue weighted by Crippen LogP contribution is 2.41. The molecule has 2 unspecified atom stereocenters. The van der Waals surface area contributed by atoms with Crippen molar-refractivity contribution >= 4 is 5.69 Å². The van der Waals surface area contributed by atoms with Crippen LogP contribution in [0.2, 0.25) is 0 Å². The number of hydrogen-bond acceptors (Lipinski definition) is 2. The summed E-state index contributed by atoms with van der Waals surface area (Å²) in [7, 11) is 4.33. The third-order valence-electron chi connectivity index (χ3n) is 5.08. The van der Waals surface area contributed by atoms with E-state index in [9.17, 15) is 0 Å². The van der Waals surface area contributed by atoms with E-state index >= 15 is 0 Å². The maximum atomic E-state index is 3.55. The Balaban J connectivity index is 2.02. The summed E-state index contributed by atoms with van der Waals surface area (Å²) in [4.78, 5) is 2.41. The molecule has 2 nitrogen and oxygen atoms in total. The number of aryl methyl sites for hydroxylation is 1. The minimum absolute atomic E-state index is 0.423. The lowest BCUT2D eigenvalue weighted by molar-refractivity contribution is 0.263. The van der Waals surface area contributed by atoms with E-state index in [1.54, 1.807) is 0 Å². The van der Waals surface area contributed by atoms with Crippen molar-refractivity contribution in [2.45, 2.75) is 46.1 Å². The zero-order valence-electron chi connectivity index (χ0n) is 13.7. The molecule has 1 aliphatic rings. The summed E-state index contributed by atoms with van der Waals surface area (Å²) >= 11 is 0. The molecule has 20 heavy (non-hydrogen) atoms. The molecule has 0 radical (unpaired) electrons.